The summed E-state index contributed by atoms with van der Waals surface area (Å²) in [5.41, 5.74) is 6.60. The Bertz CT molecular complexity index is 326. The van der Waals surface area contributed by atoms with Gasteiger partial charge in [0.25, 0.3) is 0 Å². The number of pyridine rings is 1. The molecule has 1 aliphatic heterocycles. The Hall–Kier alpha value is -0.420. The van der Waals surface area contributed by atoms with Crippen molar-refractivity contribution in [2.45, 2.75) is 12.8 Å². The maximum atomic E-state index is 5.54. The van der Waals surface area contributed by atoms with Gasteiger partial charge in [0.15, 0.2) is 0 Å². The maximum Gasteiger partial charge on any atom is 0.123 e. The monoisotopic (exact) mass is 328 g/mol. The molecule has 0 spiro atoms. The van der Waals surface area contributed by atoms with Crippen LogP contribution in [0.15, 0.2) is 18.3 Å². The van der Waals surface area contributed by atoms with Crippen molar-refractivity contribution in [1.82, 2.24) is 9.88 Å². The van der Waals surface area contributed by atoms with Gasteiger partial charge in [0.1, 0.15) is 5.82 Å². The number of hydrogen-bond donors (Lipinski definition) is 2. The first kappa shape index (κ1) is 20.9. The molecule has 0 radical (unpaired) electrons. The van der Waals surface area contributed by atoms with Crippen LogP contribution in [0.1, 0.15) is 12.8 Å². The van der Waals surface area contributed by atoms with Crippen molar-refractivity contribution in [2.24, 2.45) is 5.92 Å². The van der Waals surface area contributed by atoms with Gasteiger partial charge >= 0.3 is 0 Å². The lowest BCUT2D eigenvalue weighted by atomic mass is 9.97. The zero-order valence-corrected chi connectivity index (χ0v) is 13.5. The number of hydrogen-bond acceptors (Lipinski definition) is 4. The molecule has 0 aromatic carbocycles. The van der Waals surface area contributed by atoms with Crippen LogP contribution >= 0.6 is 37.2 Å². The van der Waals surface area contributed by atoms with E-state index in [0.717, 1.165) is 18.2 Å². The first-order valence-corrected chi connectivity index (χ1v) is 5.88. The highest BCUT2D eigenvalue weighted by Gasteiger charge is 2.15. The Morgan fingerprint density at radius 3 is 2.42 bits per heavy atom. The number of halogens is 3. The third kappa shape index (κ3) is 7.06. The molecule has 1 aliphatic rings. The van der Waals surface area contributed by atoms with E-state index in [9.17, 15) is 0 Å². The number of piperidine rings is 1. The van der Waals surface area contributed by atoms with E-state index < -0.39 is 0 Å². The number of aromatic nitrogens is 1. The topological polar surface area (TPSA) is 54.2 Å². The van der Waals surface area contributed by atoms with Crippen molar-refractivity contribution < 1.29 is 0 Å². The smallest absolute Gasteiger partial charge is 0.123 e. The lowest BCUT2D eigenvalue weighted by molar-refractivity contribution is 0.226. The van der Waals surface area contributed by atoms with Crippen LogP contribution in [-0.2, 0) is 0 Å². The lowest BCUT2D eigenvalue weighted by Crippen LogP contribution is -2.32. The third-order valence-electron chi connectivity index (χ3n) is 3.22. The Labute approximate surface area is 133 Å². The van der Waals surface area contributed by atoms with Crippen LogP contribution in [0.2, 0.25) is 0 Å². The minimum atomic E-state index is 0. The highest BCUT2D eigenvalue weighted by atomic mass is 35.5. The summed E-state index contributed by atoms with van der Waals surface area (Å²) in [5.74, 6) is 1.36. The molecule has 1 fully saturated rings. The van der Waals surface area contributed by atoms with Crippen LogP contribution in [0, 0.1) is 5.92 Å². The van der Waals surface area contributed by atoms with Crippen LogP contribution in [0.4, 0.5) is 11.5 Å². The summed E-state index contributed by atoms with van der Waals surface area (Å²) in [7, 11) is 2.19. The van der Waals surface area contributed by atoms with E-state index in [2.05, 4.69) is 22.2 Å². The second kappa shape index (κ2) is 10.4. The summed E-state index contributed by atoms with van der Waals surface area (Å²) in [5, 5.41) is 3.42. The molecule has 0 amide bonds. The van der Waals surface area contributed by atoms with E-state index in [1.807, 2.05) is 12.1 Å². The van der Waals surface area contributed by atoms with Crippen LogP contribution in [0.25, 0.3) is 0 Å². The van der Waals surface area contributed by atoms with Gasteiger partial charge < -0.3 is 16.0 Å². The third-order valence-corrected chi connectivity index (χ3v) is 3.22. The molecule has 0 bridgehead atoms. The maximum absolute atomic E-state index is 5.54. The molecule has 0 atom stereocenters. The predicted molar refractivity (Wildman–Crippen MR) is 89.1 cm³/mol. The number of likely N-dealkylation sites (tertiary alicyclic amines) is 1. The quantitative estimate of drug-likeness (QED) is 0.895. The summed E-state index contributed by atoms with van der Waals surface area (Å²) < 4.78 is 0. The van der Waals surface area contributed by atoms with Gasteiger partial charge in [0.05, 0.1) is 11.9 Å². The minimum absolute atomic E-state index is 0. The molecule has 2 rings (SSSR count). The SMILES string of the molecule is CN1CCC(CNc2ccc(N)nc2)CC1.Cl.Cl.Cl. The molecular formula is C12H23Cl3N4. The molecule has 0 unspecified atom stereocenters. The molecule has 19 heavy (non-hydrogen) atoms. The number of nitrogen functional groups attached to an aromatic ring is 1. The molecule has 4 nitrogen and oxygen atoms in total. The highest BCUT2D eigenvalue weighted by molar-refractivity contribution is 5.86. The van der Waals surface area contributed by atoms with Crippen molar-refractivity contribution in [3.05, 3.63) is 18.3 Å². The van der Waals surface area contributed by atoms with Crippen molar-refractivity contribution in [3.8, 4) is 0 Å². The van der Waals surface area contributed by atoms with Gasteiger partial charge in [0.2, 0.25) is 0 Å². The van der Waals surface area contributed by atoms with Gasteiger partial charge in [-0.3, -0.25) is 0 Å². The average molecular weight is 330 g/mol. The Balaban J connectivity index is 0. The number of nitrogens with zero attached hydrogens (tertiary/aromatic N) is 2. The van der Waals surface area contributed by atoms with E-state index in [-0.39, 0.29) is 37.2 Å². The Morgan fingerprint density at radius 2 is 1.89 bits per heavy atom. The standard InChI is InChI=1S/C12H20N4.3ClH/c1-16-6-4-10(5-7-16)8-14-11-2-3-12(13)15-9-11;;;/h2-3,9-10,14H,4-8H2,1H3,(H2,13,15);3*1H. The largest absolute Gasteiger partial charge is 0.384 e. The summed E-state index contributed by atoms with van der Waals surface area (Å²) >= 11 is 0. The fourth-order valence-electron chi connectivity index (χ4n) is 2.04. The Morgan fingerprint density at radius 1 is 1.26 bits per heavy atom. The number of nitrogens with one attached hydrogen (secondary N) is 1. The number of rotatable bonds is 3. The first-order valence-electron chi connectivity index (χ1n) is 5.88. The molecule has 1 saturated heterocycles. The lowest BCUT2D eigenvalue weighted by Gasteiger charge is -2.29. The molecule has 2 heterocycles. The summed E-state index contributed by atoms with van der Waals surface area (Å²) in [6.07, 6.45) is 4.36. The van der Waals surface area contributed by atoms with Gasteiger partial charge in [-0.2, -0.15) is 0 Å². The summed E-state index contributed by atoms with van der Waals surface area (Å²) in [4.78, 5) is 6.45. The fraction of sp³-hybridized carbons (Fsp3) is 0.583. The Kier molecular flexibility index (Phi) is 11.4. The second-order valence-corrected chi connectivity index (χ2v) is 4.60. The zero-order chi connectivity index (χ0) is 11.4. The minimum Gasteiger partial charge on any atom is -0.384 e. The van der Waals surface area contributed by atoms with Crippen LogP contribution < -0.4 is 11.1 Å². The summed E-state index contributed by atoms with van der Waals surface area (Å²) in [6.45, 7) is 3.47. The van der Waals surface area contributed by atoms with Gasteiger partial charge in [0, 0.05) is 6.54 Å². The first-order chi connectivity index (χ1) is 7.74. The van der Waals surface area contributed by atoms with Gasteiger partial charge in [-0.25, -0.2) is 4.98 Å². The fourth-order valence-corrected chi connectivity index (χ4v) is 2.04. The molecule has 1 aromatic rings. The molecule has 0 aliphatic carbocycles. The average Bonchev–Trinajstić information content (AvgIpc) is 2.30. The molecule has 0 saturated carbocycles. The molecule has 1 aromatic heterocycles. The van der Waals surface area contributed by atoms with E-state index in [1.54, 1.807) is 6.20 Å². The van der Waals surface area contributed by atoms with E-state index >= 15 is 0 Å². The molecular weight excluding hydrogens is 307 g/mol. The summed E-state index contributed by atoms with van der Waals surface area (Å²) in [6, 6.07) is 3.81. The van der Waals surface area contributed by atoms with E-state index in [1.165, 1.54) is 25.9 Å². The van der Waals surface area contributed by atoms with Gasteiger partial charge in [-0.05, 0) is 51.0 Å². The number of nitrogens with two attached hydrogens (primary N) is 1. The molecule has 7 heteroatoms. The normalized spacial score (nSPS) is 15.6. The predicted octanol–water partition coefficient (Wildman–Crippen LogP) is 2.68. The number of anilines is 2. The van der Waals surface area contributed by atoms with Gasteiger partial charge in [-0.15, -0.1) is 37.2 Å². The van der Waals surface area contributed by atoms with Crippen molar-refractivity contribution in [3.63, 3.8) is 0 Å². The van der Waals surface area contributed by atoms with Crippen molar-refractivity contribution in [1.29, 1.82) is 0 Å². The van der Waals surface area contributed by atoms with Crippen molar-refractivity contribution in [2.75, 3.05) is 37.7 Å². The molecule has 3 N–H and O–H groups in total. The van der Waals surface area contributed by atoms with Crippen molar-refractivity contribution >= 4 is 48.7 Å². The van der Waals surface area contributed by atoms with Crippen LogP contribution in [-0.4, -0.2) is 36.6 Å². The van der Waals surface area contributed by atoms with Crippen LogP contribution in [0.5, 0.6) is 0 Å². The second-order valence-electron chi connectivity index (χ2n) is 4.60. The van der Waals surface area contributed by atoms with E-state index in [0.29, 0.717) is 5.82 Å². The zero-order valence-electron chi connectivity index (χ0n) is 11.0. The van der Waals surface area contributed by atoms with E-state index in [4.69, 9.17) is 5.73 Å². The van der Waals surface area contributed by atoms with Crippen LogP contribution in [0.3, 0.4) is 0 Å². The van der Waals surface area contributed by atoms with Gasteiger partial charge in [-0.1, -0.05) is 0 Å². The highest BCUT2D eigenvalue weighted by Crippen LogP contribution is 2.17. The molecule has 112 valence electrons.